The summed E-state index contributed by atoms with van der Waals surface area (Å²) in [6.07, 6.45) is 2.83. The number of benzene rings is 3. The fourth-order valence-electron chi connectivity index (χ4n) is 5.82. The SMILES string of the molecule is CCNc1ncnc2c1ncn2[C@@H]1C[C@H](O)[C@H]2ON=C(c3c4ccccc4cc4ccccc34)[C@H]21. The first-order valence-corrected chi connectivity index (χ1v) is 12.0. The lowest BCUT2D eigenvalue weighted by Gasteiger charge is -2.22. The van der Waals surface area contributed by atoms with Gasteiger partial charge in [-0.15, -0.1) is 0 Å². The quantitative estimate of drug-likeness (QED) is 0.385. The van der Waals surface area contributed by atoms with Gasteiger partial charge in [-0.2, -0.15) is 0 Å². The molecule has 35 heavy (non-hydrogen) atoms. The summed E-state index contributed by atoms with van der Waals surface area (Å²) < 4.78 is 2.06. The van der Waals surface area contributed by atoms with Crippen LogP contribution in [-0.4, -0.2) is 49.1 Å². The highest BCUT2D eigenvalue weighted by molar-refractivity contribution is 6.22. The molecule has 0 saturated heterocycles. The zero-order chi connectivity index (χ0) is 23.5. The summed E-state index contributed by atoms with van der Waals surface area (Å²) >= 11 is 0. The van der Waals surface area contributed by atoms with Crippen molar-refractivity contribution in [1.82, 2.24) is 19.5 Å². The third-order valence-electron chi connectivity index (χ3n) is 7.31. The van der Waals surface area contributed by atoms with Crippen molar-refractivity contribution < 1.29 is 9.94 Å². The second-order valence-corrected chi connectivity index (χ2v) is 9.21. The average Bonchev–Trinajstić information content (AvgIpc) is 3.59. The van der Waals surface area contributed by atoms with Crippen LogP contribution in [0.4, 0.5) is 5.82 Å². The normalized spacial score (nSPS) is 23.5. The Morgan fingerprint density at radius 3 is 2.51 bits per heavy atom. The number of nitrogens with zero attached hydrogens (tertiary/aromatic N) is 5. The van der Waals surface area contributed by atoms with Crippen molar-refractivity contribution in [2.75, 3.05) is 11.9 Å². The number of anilines is 1. The lowest BCUT2D eigenvalue weighted by molar-refractivity contribution is -0.0104. The van der Waals surface area contributed by atoms with Gasteiger partial charge in [-0.05, 0) is 41.0 Å². The van der Waals surface area contributed by atoms with Gasteiger partial charge in [0, 0.05) is 12.1 Å². The van der Waals surface area contributed by atoms with E-state index in [4.69, 9.17) is 4.84 Å². The largest absolute Gasteiger partial charge is 0.389 e. The van der Waals surface area contributed by atoms with Gasteiger partial charge in [-0.1, -0.05) is 53.7 Å². The van der Waals surface area contributed by atoms with Crippen LogP contribution in [0, 0.1) is 5.92 Å². The van der Waals surface area contributed by atoms with Gasteiger partial charge in [-0.3, -0.25) is 0 Å². The minimum atomic E-state index is -0.639. The molecule has 5 aromatic rings. The van der Waals surface area contributed by atoms with E-state index in [1.54, 1.807) is 12.7 Å². The number of hydrogen-bond acceptors (Lipinski definition) is 7. The molecule has 1 aliphatic heterocycles. The zero-order valence-electron chi connectivity index (χ0n) is 19.2. The van der Waals surface area contributed by atoms with Crippen LogP contribution in [0.2, 0.25) is 0 Å². The summed E-state index contributed by atoms with van der Waals surface area (Å²) in [5.74, 6) is 0.567. The lowest BCUT2D eigenvalue weighted by atomic mass is 9.85. The molecule has 174 valence electrons. The van der Waals surface area contributed by atoms with Gasteiger partial charge in [0.25, 0.3) is 0 Å². The molecule has 1 aliphatic carbocycles. The van der Waals surface area contributed by atoms with Crippen molar-refractivity contribution in [3.05, 3.63) is 72.8 Å². The number of aromatic nitrogens is 4. The lowest BCUT2D eigenvalue weighted by Crippen LogP contribution is -2.29. The number of hydrogen-bond donors (Lipinski definition) is 2. The van der Waals surface area contributed by atoms with Crippen LogP contribution in [0.3, 0.4) is 0 Å². The van der Waals surface area contributed by atoms with E-state index in [-0.39, 0.29) is 12.0 Å². The van der Waals surface area contributed by atoms with Crippen LogP contribution in [-0.2, 0) is 4.84 Å². The number of imidazole rings is 1. The molecule has 2 aliphatic rings. The van der Waals surface area contributed by atoms with Crippen LogP contribution in [0.1, 0.15) is 24.9 Å². The molecular formula is C27H24N6O2. The maximum absolute atomic E-state index is 11.0. The molecule has 1 saturated carbocycles. The molecule has 2 aromatic heterocycles. The zero-order valence-corrected chi connectivity index (χ0v) is 19.2. The smallest absolute Gasteiger partial charge is 0.165 e. The molecule has 3 heterocycles. The molecule has 0 spiro atoms. The highest BCUT2D eigenvalue weighted by Gasteiger charge is 2.52. The Morgan fingerprint density at radius 2 is 1.77 bits per heavy atom. The predicted molar refractivity (Wildman–Crippen MR) is 136 cm³/mol. The minimum Gasteiger partial charge on any atom is -0.389 e. The molecule has 0 amide bonds. The number of rotatable bonds is 4. The molecule has 7 rings (SSSR count). The van der Waals surface area contributed by atoms with Gasteiger partial charge in [-0.25, -0.2) is 15.0 Å². The highest BCUT2D eigenvalue weighted by atomic mass is 16.7. The first-order chi connectivity index (χ1) is 17.2. The van der Waals surface area contributed by atoms with E-state index in [0.29, 0.717) is 12.2 Å². The standard InChI is InChI=1S/C27H24N6O2/c1-2-28-26-24-27(30-13-29-26)33(14-31-24)19-12-20(34)25-22(19)23(32-35-25)21-17-9-5-3-7-15(17)11-16-8-4-6-10-18(16)21/h3-11,13-14,19-20,22,25,34H,2,12H2,1H3,(H,28,29,30)/t19-,20+,22-,25-/m1/s1. The first kappa shape index (κ1) is 20.3. The Morgan fingerprint density at radius 1 is 1.03 bits per heavy atom. The molecule has 1 fully saturated rings. The number of aliphatic hydroxyl groups excluding tert-OH is 1. The maximum Gasteiger partial charge on any atom is 0.165 e. The third kappa shape index (κ3) is 2.96. The summed E-state index contributed by atoms with van der Waals surface area (Å²) in [4.78, 5) is 19.5. The Labute approximate surface area is 201 Å². The number of fused-ring (bicyclic) bond motifs is 4. The van der Waals surface area contributed by atoms with Crippen LogP contribution < -0.4 is 5.32 Å². The van der Waals surface area contributed by atoms with E-state index >= 15 is 0 Å². The number of aliphatic hydroxyl groups is 1. The topological polar surface area (TPSA) is 97.5 Å². The first-order valence-electron chi connectivity index (χ1n) is 12.0. The Bertz CT molecular complexity index is 1570. The Hall–Kier alpha value is -4.04. The van der Waals surface area contributed by atoms with Crippen molar-refractivity contribution in [2.24, 2.45) is 11.1 Å². The summed E-state index contributed by atoms with van der Waals surface area (Å²) in [5.41, 5.74) is 3.40. The monoisotopic (exact) mass is 464 g/mol. The van der Waals surface area contributed by atoms with Gasteiger partial charge in [0.1, 0.15) is 11.8 Å². The molecular weight excluding hydrogens is 440 g/mol. The Kier molecular flexibility index (Phi) is 4.50. The summed E-state index contributed by atoms with van der Waals surface area (Å²) in [7, 11) is 0. The van der Waals surface area contributed by atoms with E-state index < -0.39 is 12.2 Å². The second kappa shape index (κ2) is 7.74. The van der Waals surface area contributed by atoms with Gasteiger partial charge in [0.05, 0.1) is 30.1 Å². The highest BCUT2D eigenvalue weighted by Crippen LogP contribution is 2.46. The predicted octanol–water partition coefficient (Wildman–Crippen LogP) is 4.29. The second-order valence-electron chi connectivity index (χ2n) is 9.21. The fourth-order valence-corrected chi connectivity index (χ4v) is 5.82. The molecule has 0 radical (unpaired) electrons. The van der Waals surface area contributed by atoms with Crippen LogP contribution in [0.15, 0.2) is 72.4 Å². The molecule has 0 unspecified atom stereocenters. The van der Waals surface area contributed by atoms with E-state index in [2.05, 4.69) is 84.6 Å². The Balaban J connectivity index is 1.42. The molecule has 4 atom stereocenters. The van der Waals surface area contributed by atoms with Crippen LogP contribution in [0.5, 0.6) is 0 Å². The van der Waals surface area contributed by atoms with E-state index in [9.17, 15) is 5.11 Å². The van der Waals surface area contributed by atoms with E-state index in [0.717, 1.165) is 50.5 Å². The summed E-state index contributed by atoms with van der Waals surface area (Å²) in [6, 6.07) is 18.8. The summed E-state index contributed by atoms with van der Waals surface area (Å²) in [5, 5.41) is 23.4. The van der Waals surface area contributed by atoms with Crippen LogP contribution in [0.25, 0.3) is 32.7 Å². The maximum atomic E-state index is 11.0. The third-order valence-corrected chi connectivity index (χ3v) is 7.31. The summed E-state index contributed by atoms with van der Waals surface area (Å²) in [6.45, 7) is 2.76. The van der Waals surface area contributed by atoms with Gasteiger partial charge >= 0.3 is 0 Å². The van der Waals surface area contributed by atoms with Crippen molar-refractivity contribution in [2.45, 2.75) is 31.6 Å². The van der Waals surface area contributed by atoms with Crippen molar-refractivity contribution >= 4 is 44.2 Å². The van der Waals surface area contributed by atoms with Crippen molar-refractivity contribution in [3.63, 3.8) is 0 Å². The molecule has 8 nitrogen and oxygen atoms in total. The minimum absolute atomic E-state index is 0.108. The van der Waals surface area contributed by atoms with E-state index in [1.165, 1.54) is 0 Å². The van der Waals surface area contributed by atoms with Crippen molar-refractivity contribution in [1.29, 1.82) is 0 Å². The number of nitrogens with one attached hydrogen (secondary N) is 1. The van der Waals surface area contributed by atoms with Gasteiger partial charge in [0.2, 0.25) is 0 Å². The molecule has 2 N–H and O–H groups in total. The average molecular weight is 465 g/mol. The van der Waals surface area contributed by atoms with Gasteiger partial charge < -0.3 is 19.8 Å². The van der Waals surface area contributed by atoms with Crippen molar-refractivity contribution in [3.8, 4) is 0 Å². The van der Waals surface area contributed by atoms with Gasteiger partial charge in [0.15, 0.2) is 17.6 Å². The van der Waals surface area contributed by atoms with E-state index in [1.807, 2.05) is 6.92 Å². The molecule has 3 aromatic carbocycles. The molecule has 0 bridgehead atoms. The number of oxime groups is 1. The molecule has 8 heteroatoms. The van der Waals surface area contributed by atoms with Crippen LogP contribution >= 0.6 is 0 Å². The fraction of sp³-hybridized carbons (Fsp3) is 0.259.